The van der Waals surface area contributed by atoms with Gasteiger partial charge in [-0.25, -0.2) is 0 Å². The van der Waals surface area contributed by atoms with Crippen molar-refractivity contribution in [1.29, 1.82) is 0 Å². The molecule has 4 heteroatoms. The van der Waals surface area contributed by atoms with Crippen LogP contribution >= 0.6 is 0 Å². The van der Waals surface area contributed by atoms with Crippen LogP contribution in [0.25, 0.3) is 0 Å². The first-order chi connectivity index (χ1) is 10.0. The van der Waals surface area contributed by atoms with Gasteiger partial charge in [0.15, 0.2) is 0 Å². The average molecular weight is 290 g/mol. The number of ether oxygens (including phenoxy) is 1. The van der Waals surface area contributed by atoms with E-state index in [1.165, 1.54) is 0 Å². The Morgan fingerprint density at radius 1 is 1.24 bits per heavy atom. The summed E-state index contributed by atoms with van der Waals surface area (Å²) in [6.07, 6.45) is 0.0852. The number of nitrogens with one attached hydrogen (secondary N) is 1. The van der Waals surface area contributed by atoms with Crippen LogP contribution in [-0.4, -0.2) is 37.2 Å². The lowest BCUT2D eigenvalue weighted by molar-refractivity contribution is -0.131. The van der Waals surface area contributed by atoms with Crippen molar-refractivity contribution in [2.75, 3.05) is 20.3 Å². The number of carbonyl (C=O) groups is 1. The van der Waals surface area contributed by atoms with Gasteiger partial charge in [-0.05, 0) is 17.4 Å². The van der Waals surface area contributed by atoms with Crippen LogP contribution in [-0.2, 0) is 9.53 Å². The van der Waals surface area contributed by atoms with Crippen LogP contribution in [0.1, 0.15) is 32.4 Å². The van der Waals surface area contributed by atoms with E-state index in [1.54, 1.807) is 7.11 Å². The monoisotopic (exact) mass is 290 g/mol. The molecule has 0 radical (unpaired) electrons. The molecule has 1 aromatic carbocycles. The Balaban J connectivity index is 2.16. The highest BCUT2D eigenvalue weighted by Gasteiger charge is 2.41. The van der Waals surface area contributed by atoms with Crippen molar-refractivity contribution in [3.63, 3.8) is 0 Å². The van der Waals surface area contributed by atoms with E-state index in [0.29, 0.717) is 18.4 Å². The molecule has 3 unspecified atom stereocenters. The van der Waals surface area contributed by atoms with Gasteiger partial charge in [0, 0.05) is 13.7 Å². The fraction of sp³-hybridized carbons (Fsp3) is 0.588. The zero-order chi connectivity index (χ0) is 15.4. The van der Waals surface area contributed by atoms with E-state index in [0.717, 1.165) is 12.1 Å². The van der Waals surface area contributed by atoms with Crippen LogP contribution in [0.2, 0.25) is 0 Å². The Morgan fingerprint density at radius 2 is 1.90 bits per heavy atom. The summed E-state index contributed by atoms with van der Waals surface area (Å²) in [6, 6.07) is 9.72. The lowest BCUT2D eigenvalue weighted by Gasteiger charge is -2.29. The number of methoxy groups -OCH3 is 1. The highest BCUT2D eigenvalue weighted by molar-refractivity contribution is 5.85. The van der Waals surface area contributed by atoms with Crippen LogP contribution < -0.4 is 5.32 Å². The van der Waals surface area contributed by atoms with Crippen molar-refractivity contribution >= 4 is 5.91 Å². The molecule has 0 aromatic heterocycles. The fourth-order valence-electron chi connectivity index (χ4n) is 2.95. The van der Waals surface area contributed by atoms with Crippen molar-refractivity contribution in [2.45, 2.75) is 33.0 Å². The largest absolute Gasteiger partial charge is 0.384 e. The van der Waals surface area contributed by atoms with Crippen molar-refractivity contribution in [3.8, 4) is 0 Å². The van der Waals surface area contributed by atoms with Gasteiger partial charge < -0.3 is 9.64 Å². The SMILES string of the molecule is COCC(C)CN1C(=O)C(c2ccccc2)NC1C(C)C. The fourth-order valence-corrected chi connectivity index (χ4v) is 2.95. The summed E-state index contributed by atoms with van der Waals surface area (Å²) < 4.78 is 5.20. The molecule has 1 saturated heterocycles. The molecule has 1 heterocycles. The molecule has 1 fully saturated rings. The van der Waals surface area contributed by atoms with Gasteiger partial charge in [-0.15, -0.1) is 0 Å². The minimum Gasteiger partial charge on any atom is -0.384 e. The summed E-state index contributed by atoms with van der Waals surface area (Å²) in [5.74, 6) is 0.872. The molecule has 3 atom stereocenters. The van der Waals surface area contributed by atoms with Crippen molar-refractivity contribution in [1.82, 2.24) is 10.2 Å². The van der Waals surface area contributed by atoms with Crippen LogP contribution in [0.3, 0.4) is 0 Å². The number of nitrogens with zero attached hydrogens (tertiary/aromatic N) is 1. The summed E-state index contributed by atoms with van der Waals surface area (Å²) in [6.45, 7) is 7.80. The topological polar surface area (TPSA) is 41.6 Å². The number of amides is 1. The molecule has 0 aliphatic carbocycles. The Hall–Kier alpha value is -1.39. The lowest BCUT2D eigenvalue weighted by Crippen LogP contribution is -2.43. The normalized spacial score (nSPS) is 23.9. The van der Waals surface area contributed by atoms with Gasteiger partial charge in [0.05, 0.1) is 12.8 Å². The highest BCUT2D eigenvalue weighted by Crippen LogP contribution is 2.28. The van der Waals surface area contributed by atoms with E-state index < -0.39 is 0 Å². The summed E-state index contributed by atoms with van der Waals surface area (Å²) >= 11 is 0. The number of benzene rings is 1. The average Bonchev–Trinajstić information content (AvgIpc) is 2.78. The molecule has 1 amide bonds. The van der Waals surface area contributed by atoms with Gasteiger partial charge in [-0.1, -0.05) is 51.1 Å². The van der Waals surface area contributed by atoms with Crippen LogP contribution in [0.4, 0.5) is 0 Å². The van der Waals surface area contributed by atoms with Gasteiger partial charge in [0.2, 0.25) is 5.91 Å². The number of hydrogen-bond donors (Lipinski definition) is 1. The molecule has 1 aliphatic rings. The summed E-state index contributed by atoms with van der Waals surface area (Å²) in [5, 5.41) is 3.49. The Morgan fingerprint density at radius 3 is 2.48 bits per heavy atom. The quantitative estimate of drug-likeness (QED) is 0.875. The van der Waals surface area contributed by atoms with E-state index in [4.69, 9.17) is 4.74 Å². The summed E-state index contributed by atoms with van der Waals surface area (Å²) in [4.78, 5) is 14.8. The molecule has 1 aromatic rings. The van der Waals surface area contributed by atoms with E-state index >= 15 is 0 Å². The first-order valence-electron chi connectivity index (χ1n) is 7.65. The van der Waals surface area contributed by atoms with Gasteiger partial charge in [-0.2, -0.15) is 0 Å². The molecular formula is C17H26N2O2. The number of hydrogen-bond acceptors (Lipinski definition) is 3. The molecular weight excluding hydrogens is 264 g/mol. The summed E-state index contributed by atoms with van der Waals surface area (Å²) in [7, 11) is 1.70. The highest BCUT2D eigenvalue weighted by atomic mass is 16.5. The third kappa shape index (κ3) is 3.63. The predicted octanol–water partition coefficient (Wildman–Crippen LogP) is 2.42. The molecule has 4 nitrogen and oxygen atoms in total. The van der Waals surface area contributed by atoms with Crippen molar-refractivity contribution < 1.29 is 9.53 Å². The molecule has 21 heavy (non-hydrogen) atoms. The van der Waals surface area contributed by atoms with E-state index in [2.05, 4.69) is 26.1 Å². The zero-order valence-electron chi connectivity index (χ0n) is 13.4. The third-order valence-corrected chi connectivity index (χ3v) is 3.93. The minimum atomic E-state index is -0.228. The first kappa shape index (κ1) is 16.0. The van der Waals surface area contributed by atoms with Crippen LogP contribution in [0.15, 0.2) is 30.3 Å². The van der Waals surface area contributed by atoms with Gasteiger partial charge in [0.25, 0.3) is 0 Å². The zero-order valence-corrected chi connectivity index (χ0v) is 13.4. The Kier molecular flexibility index (Phi) is 5.37. The molecule has 1 N–H and O–H groups in total. The number of carbonyl (C=O) groups excluding carboxylic acids is 1. The molecule has 116 valence electrons. The molecule has 2 rings (SSSR count). The molecule has 0 spiro atoms. The second-order valence-electron chi connectivity index (χ2n) is 6.25. The minimum absolute atomic E-state index is 0.0852. The lowest BCUT2D eigenvalue weighted by atomic mass is 10.1. The summed E-state index contributed by atoms with van der Waals surface area (Å²) in [5.41, 5.74) is 1.04. The maximum atomic E-state index is 12.8. The van der Waals surface area contributed by atoms with E-state index in [-0.39, 0.29) is 18.1 Å². The van der Waals surface area contributed by atoms with Gasteiger partial charge in [0.1, 0.15) is 6.04 Å². The first-order valence-corrected chi connectivity index (χ1v) is 7.65. The smallest absolute Gasteiger partial charge is 0.245 e. The molecule has 0 saturated carbocycles. The Bertz CT molecular complexity index is 461. The second kappa shape index (κ2) is 7.05. The maximum Gasteiger partial charge on any atom is 0.245 e. The third-order valence-electron chi connectivity index (χ3n) is 3.93. The van der Waals surface area contributed by atoms with Crippen molar-refractivity contribution in [2.24, 2.45) is 11.8 Å². The van der Waals surface area contributed by atoms with Crippen LogP contribution in [0, 0.1) is 11.8 Å². The molecule has 1 aliphatic heterocycles. The van der Waals surface area contributed by atoms with Gasteiger partial charge >= 0.3 is 0 Å². The standard InChI is InChI=1S/C17H26N2O2/c1-12(2)16-18-15(14-8-6-5-7-9-14)17(20)19(16)10-13(3)11-21-4/h5-9,12-13,15-16,18H,10-11H2,1-4H3. The van der Waals surface area contributed by atoms with E-state index in [9.17, 15) is 4.79 Å². The predicted molar refractivity (Wildman–Crippen MR) is 83.7 cm³/mol. The van der Waals surface area contributed by atoms with Gasteiger partial charge in [-0.3, -0.25) is 10.1 Å². The Labute approximate surface area is 127 Å². The molecule has 0 bridgehead atoms. The van der Waals surface area contributed by atoms with Crippen LogP contribution in [0.5, 0.6) is 0 Å². The van der Waals surface area contributed by atoms with E-state index in [1.807, 2.05) is 35.2 Å². The maximum absolute atomic E-state index is 12.8. The van der Waals surface area contributed by atoms with Crippen molar-refractivity contribution in [3.05, 3.63) is 35.9 Å². The number of rotatable bonds is 6. The second-order valence-corrected chi connectivity index (χ2v) is 6.25.